The maximum atomic E-state index is 11.9. The van der Waals surface area contributed by atoms with E-state index in [0.29, 0.717) is 18.9 Å². The molecule has 0 radical (unpaired) electrons. The maximum absolute atomic E-state index is 11.9. The highest BCUT2D eigenvalue weighted by Gasteiger charge is 2.11. The molecule has 0 spiro atoms. The minimum atomic E-state index is 0.0485. The predicted octanol–water partition coefficient (Wildman–Crippen LogP) is 2.27. The van der Waals surface area contributed by atoms with Crippen molar-refractivity contribution in [3.63, 3.8) is 0 Å². The van der Waals surface area contributed by atoms with Crippen LogP contribution in [0.1, 0.15) is 30.4 Å². The van der Waals surface area contributed by atoms with E-state index in [9.17, 15) is 4.79 Å². The zero-order valence-electron chi connectivity index (χ0n) is 12.0. The molecule has 1 amide bonds. The van der Waals surface area contributed by atoms with E-state index in [4.69, 9.17) is 0 Å². The number of rotatable bonds is 6. The van der Waals surface area contributed by atoms with Crippen LogP contribution < -0.4 is 5.32 Å². The van der Waals surface area contributed by atoms with Crippen LogP contribution in [-0.2, 0) is 18.3 Å². The van der Waals surface area contributed by atoms with Crippen LogP contribution in [0.2, 0.25) is 0 Å². The Bertz CT molecular complexity index is 548. The molecular weight excluding hydrogens is 250 g/mol. The van der Waals surface area contributed by atoms with Gasteiger partial charge in [0.1, 0.15) is 0 Å². The van der Waals surface area contributed by atoms with Crippen molar-refractivity contribution in [3.05, 3.63) is 53.9 Å². The summed E-state index contributed by atoms with van der Waals surface area (Å²) in [5.74, 6) is 0.418. The zero-order valence-corrected chi connectivity index (χ0v) is 12.0. The third-order valence-corrected chi connectivity index (χ3v) is 3.43. The molecule has 2 aromatic rings. The molecule has 0 aliphatic heterocycles. The number of benzene rings is 1. The summed E-state index contributed by atoms with van der Waals surface area (Å²) < 4.78 is 1.71. The predicted molar refractivity (Wildman–Crippen MR) is 79.4 cm³/mol. The molecule has 2 rings (SSSR count). The number of nitrogens with one attached hydrogen (secondary N) is 1. The number of aryl methyl sites for hydroxylation is 1. The van der Waals surface area contributed by atoms with Gasteiger partial charge in [-0.2, -0.15) is 5.10 Å². The van der Waals surface area contributed by atoms with Gasteiger partial charge >= 0.3 is 0 Å². The summed E-state index contributed by atoms with van der Waals surface area (Å²) in [5.41, 5.74) is 2.22. The number of amides is 1. The number of hydrogen-bond donors (Lipinski definition) is 1. The first kappa shape index (κ1) is 14.3. The van der Waals surface area contributed by atoms with Crippen molar-refractivity contribution in [2.45, 2.75) is 25.7 Å². The lowest BCUT2D eigenvalue weighted by atomic mass is 9.96. The van der Waals surface area contributed by atoms with E-state index in [0.717, 1.165) is 12.0 Å². The standard InChI is InChI=1S/C16H21N3O/c1-3-14(15-7-5-4-6-8-15)11-17-16(20)9-13-10-18-19(2)12-13/h4-8,10,12,14H,3,9,11H2,1-2H3,(H,17,20). The van der Waals surface area contributed by atoms with Gasteiger partial charge in [0.15, 0.2) is 0 Å². The third-order valence-electron chi connectivity index (χ3n) is 3.43. The SMILES string of the molecule is CCC(CNC(=O)Cc1cnn(C)c1)c1ccccc1. The molecule has 0 saturated carbocycles. The normalized spacial score (nSPS) is 12.1. The molecule has 0 aliphatic carbocycles. The first-order chi connectivity index (χ1) is 9.69. The average Bonchev–Trinajstić information content (AvgIpc) is 2.86. The second kappa shape index (κ2) is 6.89. The van der Waals surface area contributed by atoms with E-state index in [1.807, 2.05) is 31.4 Å². The van der Waals surface area contributed by atoms with Crippen LogP contribution in [0, 0.1) is 0 Å². The minimum absolute atomic E-state index is 0.0485. The fourth-order valence-corrected chi connectivity index (χ4v) is 2.27. The van der Waals surface area contributed by atoms with Crippen molar-refractivity contribution in [3.8, 4) is 0 Å². The van der Waals surface area contributed by atoms with E-state index >= 15 is 0 Å². The largest absolute Gasteiger partial charge is 0.355 e. The van der Waals surface area contributed by atoms with Crippen molar-refractivity contribution in [2.24, 2.45) is 7.05 Å². The van der Waals surface area contributed by atoms with Crippen molar-refractivity contribution in [1.82, 2.24) is 15.1 Å². The van der Waals surface area contributed by atoms with Crippen molar-refractivity contribution in [1.29, 1.82) is 0 Å². The molecule has 106 valence electrons. The van der Waals surface area contributed by atoms with Gasteiger partial charge < -0.3 is 5.32 Å². The smallest absolute Gasteiger partial charge is 0.224 e. The number of carbonyl (C=O) groups excluding carboxylic acids is 1. The van der Waals surface area contributed by atoms with E-state index in [1.165, 1.54) is 5.56 Å². The van der Waals surface area contributed by atoms with Gasteiger partial charge in [-0.1, -0.05) is 37.3 Å². The van der Waals surface area contributed by atoms with Gasteiger partial charge in [0.05, 0.1) is 12.6 Å². The summed E-state index contributed by atoms with van der Waals surface area (Å²) >= 11 is 0. The molecule has 4 heteroatoms. The number of aromatic nitrogens is 2. The fraction of sp³-hybridized carbons (Fsp3) is 0.375. The summed E-state index contributed by atoms with van der Waals surface area (Å²) in [5, 5.41) is 7.08. The number of carbonyl (C=O) groups is 1. The Hall–Kier alpha value is -2.10. The molecule has 0 bridgehead atoms. The van der Waals surface area contributed by atoms with Gasteiger partial charge in [-0.15, -0.1) is 0 Å². The second-order valence-corrected chi connectivity index (χ2v) is 5.02. The lowest BCUT2D eigenvalue weighted by Crippen LogP contribution is -2.29. The molecule has 1 atom stereocenters. The Morgan fingerprint density at radius 3 is 2.70 bits per heavy atom. The van der Waals surface area contributed by atoms with Crippen LogP contribution in [-0.4, -0.2) is 22.2 Å². The molecule has 0 fully saturated rings. The molecule has 1 N–H and O–H groups in total. The zero-order chi connectivity index (χ0) is 14.4. The molecular formula is C16H21N3O. The van der Waals surface area contributed by atoms with E-state index < -0.39 is 0 Å². The molecule has 1 unspecified atom stereocenters. The highest BCUT2D eigenvalue weighted by molar-refractivity contribution is 5.78. The Kier molecular flexibility index (Phi) is 4.93. The summed E-state index contributed by atoms with van der Waals surface area (Å²) in [6, 6.07) is 10.3. The van der Waals surface area contributed by atoms with E-state index in [1.54, 1.807) is 10.9 Å². The average molecular weight is 271 g/mol. The Morgan fingerprint density at radius 1 is 1.35 bits per heavy atom. The Morgan fingerprint density at radius 2 is 2.10 bits per heavy atom. The number of nitrogens with zero attached hydrogens (tertiary/aromatic N) is 2. The molecule has 1 aromatic carbocycles. The van der Waals surface area contributed by atoms with Crippen molar-refractivity contribution < 1.29 is 4.79 Å². The van der Waals surface area contributed by atoms with Crippen molar-refractivity contribution >= 4 is 5.91 Å². The van der Waals surface area contributed by atoms with Crippen LogP contribution in [0.5, 0.6) is 0 Å². The quantitative estimate of drug-likeness (QED) is 0.876. The lowest BCUT2D eigenvalue weighted by Gasteiger charge is -2.16. The number of hydrogen-bond acceptors (Lipinski definition) is 2. The highest BCUT2D eigenvalue weighted by atomic mass is 16.1. The Labute approximate surface area is 119 Å². The van der Waals surface area contributed by atoms with E-state index in [2.05, 4.69) is 29.5 Å². The molecule has 0 aliphatic rings. The maximum Gasteiger partial charge on any atom is 0.224 e. The first-order valence-corrected chi connectivity index (χ1v) is 6.98. The summed E-state index contributed by atoms with van der Waals surface area (Å²) in [6.45, 7) is 2.82. The molecule has 4 nitrogen and oxygen atoms in total. The topological polar surface area (TPSA) is 46.9 Å². The Balaban J connectivity index is 1.85. The second-order valence-electron chi connectivity index (χ2n) is 5.02. The molecule has 20 heavy (non-hydrogen) atoms. The summed E-state index contributed by atoms with van der Waals surface area (Å²) in [6.07, 6.45) is 5.00. The van der Waals surface area contributed by atoms with Gasteiger partial charge in [-0.25, -0.2) is 0 Å². The van der Waals surface area contributed by atoms with Crippen LogP contribution in [0.4, 0.5) is 0 Å². The summed E-state index contributed by atoms with van der Waals surface area (Å²) in [4.78, 5) is 11.9. The minimum Gasteiger partial charge on any atom is -0.355 e. The first-order valence-electron chi connectivity index (χ1n) is 6.98. The molecule has 0 saturated heterocycles. The highest BCUT2D eigenvalue weighted by Crippen LogP contribution is 2.17. The van der Waals surface area contributed by atoms with Crippen LogP contribution in [0.25, 0.3) is 0 Å². The van der Waals surface area contributed by atoms with Gasteiger partial charge in [-0.05, 0) is 17.5 Å². The lowest BCUT2D eigenvalue weighted by molar-refractivity contribution is -0.120. The fourth-order valence-electron chi connectivity index (χ4n) is 2.27. The van der Waals surface area contributed by atoms with Crippen LogP contribution in [0.3, 0.4) is 0 Å². The molecule has 1 aromatic heterocycles. The third kappa shape index (κ3) is 3.95. The van der Waals surface area contributed by atoms with Gasteiger partial charge in [0, 0.05) is 25.7 Å². The summed E-state index contributed by atoms with van der Waals surface area (Å²) in [7, 11) is 1.85. The van der Waals surface area contributed by atoms with Gasteiger partial charge in [0.2, 0.25) is 5.91 Å². The van der Waals surface area contributed by atoms with Crippen LogP contribution in [0.15, 0.2) is 42.7 Å². The van der Waals surface area contributed by atoms with Gasteiger partial charge in [0.25, 0.3) is 0 Å². The van der Waals surface area contributed by atoms with Gasteiger partial charge in [-0.3, -0.25) is 9.48 Å². The van der Waals surface area contributed by atoms with Crippen LogP contribution >= 0.6 is 0 Å². The molecule has 1 heterocycles. The monoisotopic (exact) mass is 271 g/mol. The van der Waals surface area contributed by atoms with Crippen molar-refractivity contribution in [2.75, 3.05) is 6.54 Å². The van der Waals surface area contributed by atoms with E-state index in [-0.39, 0.29) is 5.91 Å².